The van der Waals surface area contributed by atoms with Crippen LogP contribution in [0.25, 0.3) is 0 Å². The number of carbonyl (C=O) groups is 1. The molecule has 2 saturated heterocycles. The minimum atomic E-state index is -3.74. The second-order valence-corrected chi connectivity index (χ2v) is 9.10. The highest BCUT2D eigenvalue weighted by Crippen LogP contribution is 2.32. The zero-order valence-corrected chi connectivity index (χ0v) is 16.8. The van der Waals surface area contributed by atoms with Crippen molar-refractivity contribution in [3.05, 3.63) is 18.2 Å². The highest BCUT2D eigenvalue weighted by atomic mass is 32.2. The van der Waals surface area contributed by atoms with Gasteiger partial charge in [0.2, 0.25) is 15.9 Å². The number of hydrogen-bond acceptors (Lipinski definition) is 5. The van der Waals surface area contributed by atoms with Crippen molar-refractivity contribution in [3.63, 3.8) is 0 Å². The molecule has 2 heterocycles. The molecule has 2 aliphatic rings. The lowest BCUT2D eigenvalue weighted by Crippen LogP contribution is -2.32. The van der Waals surface area contributed by atoms with Gasteiger partial charge in [-0.1, -0.05) is 0 Å². The van der Waals surface area contributed by atoms with E-state index in [-0.39, 0.29) is 22.7 Å². The summed E-state index contributed by atoms with van der Waals surface area (Å²) < 4.78 is 38.6. The van der Waals surface area contributed by atoms with Crippen molar-refractivity contribution in [2.75, 3.05) is 38.8 Å². The summed E-state index contributed by atoms with van der Waals surface area (Å²) in [5.74, 6) is 0.303. The van der Waals surface area contributed by atoms with Crippen LogP contribution in [-0.4, -0.2) is 58.6 Å². The lowest BCUT2D eigenvalue weighted by atomic mass is 10.1. The van der Waals surface area contributed by atoms with Crippen LogP contribution in [0, 0.1) is 0 Å². The van der Waals surface area contributed by atoms with E-state index >= 15 is 0 Å². The number of hydrogen-bond donors (Lipinski definition) is 0. The summed E-state index contributed by atoms with van der Waals surface area (Å²) in [5, 5.41) is 0. The van der Waals surface area contributed by atoms with E-state index in [4.69, 9.17) is 9.47 Å². The molecule has 150 valence electrons. The van der Waals surface area contributed by atoms with Gasteiger partial charge in [-0.05, 0) is 50.3 Å². The maximum Gasteiger partial charge on any atom is 0.246 e. The summed E-state index contributed by atoms with van der Waals surface area (Å²) in [6.45, 7) is 1.74. The zero-order chi connectivity index (χ0) is 19.4. The van der Waals surface area contributed by atoms with Crippen molar-refractivity contribution >= 4 is 21.6 Å². The standard InChI is InChI=1S/C19H28N2O5S/c1-20(12-10-16-6-3-4-13-26-16)27(23,24)18-14-15(8-9-17(18)25-2)21-11-5-7-19(21)22/h8-9,14,16H,3-7,10-13H2,1-2H3. The van der Waals surface area contributed by atoms with Gasteiger partial charge in [0, 0.05) is 38.9 Å². The van der Waals surface area contributed by atoms with Gasteiger partial charge in [-0.2, -0.15) is 0 Å². The molecule has 2 fully saturated rings. The van der Waals surface area contributed by atoms with Gasteiger partial charge in [0.05, 0.1) is 13.2 Å². The van der Waals surface area contributed by atoms with Crippen molar-refractivity contribution < 1.29 is 22.7 Å². The van der Waals surface area contributed by atoms with E-state index < -0.39 is 10.0 Å². The minimum Gasteiger partial charge on any atom is -0.495 e. The second-order valence-electron chi connectivity index (χ2n) is 7.09. The van der Waals surface area contributed by atoms with E-state index in [2.05, 4.69) is 0 Å². The van der Waals surface area contributed by atoms with E-state index in [0.29, 0.717) is 31.6 Å². The fourth-order valence-electron chi connectivity index (χ4n) is 3.60. The molecule has 0 radical (unpaired) electrons. The first-order valence-corrected chi connectivity index (χ1v) is 10.9. The lowest BCUT2D eigenvalue weighted by Gasteiger charge is -2.25. The lowest BCUT2D eigenvalue weighted by molar-refractivity contribution is -0.117. The van der Waals surface area contributed by atoms with Crippen molar-refractivity contribution in [2.45, 2.75) is 49.5 Å². The molecule has 1 unspecified atom stereocenters. The summed E-state index contributed by atoms with van der Waals surface area (Å²) in [7, 11) is -0.713. The highest BCUT2D eigenvalue weighted by molar-refractivity contribution is 7.89. The fraction of sp³-hybridized carbons (Fsp3) is 0.632. The van der Waals surface area contributed by atoms with Gasteiger partial charge in [0.1, 0.15) is 10.6 Å². The van der Waals surface area contributed by atoms with Gasteiger partial charge in [-0.25, -0.2) is 12.7 Å². The van der Waals surface area contributed by atoms with E-state index in [9.17, 15) is 13.2 Å². The molecule has 0 saturated carbocycles. The van der Waals surface area contributed by atoms with E-state index in [0.717, 1.165) is 32.3 Å². The van der Waals surface area contributed by atoms with Crippen LogP contribution in [-0.2, 0) is 19.6 Å². The first kappa shape index (κ1) is 20.1. The Morgan fingerprint density at radius 1 is 1.30 bits per heavy atom. The van der Waals surface area contributed by atoms with Crippen molar-refractivity contribution in [1.82, 2.24) is 4.31 Å². The maximum absolute atomic E-state index is 13.1. The fourth-order valence-corrected chi connectivity index (χ4v) is 4.96. The van der Waals surface area contributed by atoms with E-state index in [1.807, 2.05) is 0 Å². The first-order valence-electron chi connectivity index (χ1n) is 9.50. The third kappa shape index (κ3) is 4.44. The topological polar surface area (TPSA) is 76.2 Å². The summed E-state index contributed by atoms with van der Waals surface area (Å²) >= 11 is 0. The quantitative estimate of drug-likeness (QED) is 0.707. The largest absolute Gasteiger partial charge is 0.495 e. The molecule has 0 N–H and O–H groups in total. The van der Waals surface area contributed by atoms with Gasteiger partial charge >= 0.3 is 0 Å². The molecule has 8 heteroatoms. The van der Waals surface area contributed by atoms with Crippen LogP contribution >= 0.6 is 0 Å². The molecule has 1 aromatic rings. The SMILES string of the molecule is COc1ccc(N2CCCC2=O)cc1S(=O)(=O)N(C)CCC1CCCCO1. The molecule has 27 heavy (non-hydrogen) atoms. The van der Waals surface area contributed by atoms with Crippen LogP contribution in [0.4, 0.5) is 5.69 Å². The number of amides is 1. The maximum atomic E-state index is 13.1. The Bertz CT molecular complexity index is 774. The minimum absolute atomic E-state index is 0.0197. The molecule has 3 rings (SSSR count). The summed E-state index contributed by atoms with van der Waals surface area (Å²) in [4.78, 5) is 13.7. The number of rotatable bonds is 7. The molecule has 0 bridgehead atoms. The average Bonchev–Trinajstić information content (AvgIpc) is 3.12. The summed E-state index contributed by atoms with van der Waals surface area (Å²) in [6, 6.07) is 4.90. The summed E-state index contributed by atoms with van der Waals surface area (Å²) in [6.07, 6.45) is 5.24. The smallest absolute Gasteiger partial charge is 0.246 e. The van der Waals surface area contributed by atoms with Crippen LogP contribution in [0.1, 0.15) is 38.5 Å². The molecule has 0 spiro atoms. The highest BCUT2D eigenvalue weighted by Gasteiger charge is 2.29. The van der Waals surface area contributed by atoms with Crippen molar-refractivity contribution in [1.29, 1.82) is 0 Å². The number of nitrogens with zero attached hydrogens (tertiary/aromatic N) is 2. The molecule has 0 aromatic heterocycles. The predicted octanol–water partition coefficient (Wildman–Crippen LogP) is 2.40. The van der Waals surface area contributed by atoms with Gasteiger partial charge in [-0.15, -0.1) is 0 Å². The first-order chi connectivity index (χ1) is 12.9. The Hall–Kier alpha value is -1.64. The molecule has 0 aliphatic carbocycles. The normalized spacial score (nSPS) is 21.1. The zero-order valence-electron chi connectivity index (χ0n) is 16.0. The third-order valence-electron chi connectivity index (χ3n) is 5.26. The van der Waals surface area contributed by atoms with Gasteiger partial charge in [-0.3, -0.25) is 4.79 Å². The second kappa shape index (κ2) is 8.58. The van der Waals surface area contributed by atoms with E-state index in [1.165, 1.54) is 11.4 Å². The molecular weight excluding hydrogens is 368 g/mol. The Morgan fingerprint density at radius 2 is 2.11 bits per heavy atom. The molecule has 1 aromatic carbocycles. The van der Waals surface area contributed by atoms with Crippen LogP contribution in [0.2, 0.25) is 0 Å². The van der Waals surface area contributed by atoms with Gasteiger partial charge < -0.3 is 14.4 Å². The number of sulfonamides is 1. The molecule has 1 amide bonds. The Labute approximate surface area is 161 Å². The van der Waals surface area contributed by atoms with Gasteiger partial charge in [0.15, 0.2) is 0 Å². The molecule has 1 atom stereocenters. The van der Waals surface area contributed by atoms with E-state index in [1.54, 1.807) is 30.1 Å². The summed E-state index contributed by atoms with van der Waals surface area (Å²) in [5.41, 5.74) is 0.598. The van der Waals surface area contributed by atoms with Crippen LogP contribution in [0.15, 0.2) is 23.1 Å². The molecule has 7 nitrogen and oxygen atoms in total. The number of ether oxygens (including phenoxy) is 2. The molecular formula is C19H28N2O5S. The number of benzene rings is 1. The third-order valence-corrected chi connectivity index (χ3v) is 7.14. The monoisotopic (exact) mass is 396 g/mol. The van der Waals surface area contributed by atoms with Crippen LogP contribution in [0.5, 0.6) is 5.75 Å². The van der Waals surface area contributed by atoms with Crippen LogP contribution in [0.3, 0.4) is 0 Å². The van der Waals surface area contributed by atoms with Gasteiger partial charge in [0.25, 0.3) is 0 Å². The number of anilines is 1. The Morgan fingerprint density at radius 3 is 2.74 bits per heavy atom. The average molecular weight is 397 g/mol. The van der Waals surface area contributed by atoms with Crippen LogP contribution < -0.4 is 9.64 Å². The van der Waals surface area contributed by atoms with Crippen molar-refractivity contribution in [2.24, 2.45) is 0 Å². The Balaban J connectivity index is 1.79. The molecule has 2 aliphatic heterocycles. The predicted molar refractivity (Wildman–Crippen MR) is 103 cm³/mol. The number of methoxy groups -OCH3 is 1. The number of carbonyl (C=O) groups excluding carboxylic acids is 1. The Kier molecular flexibility index (Phi) is 6.39. The van der Waals surface area contributed by atoms with Crippen molar-refractivity contribution in [3.8, 4) is 5.75 Å².